The molecule has 0 spiro atoms. The molecule has 7 heteroatoms. The molecule has 2 rings (SSSR count). The van der Waals surface area contributed by atoms with Gasteiger partial charge in [0.05, 0.1) is 25.5 Å². The zero-order chi connectivity index (χ0) is 19.1. The third-order valence-corrected chi connectivity index (χ3v) is 4.27. The Morgan fingerprint density at radius 1 is 1.04 bits per heavy atom. The van der Waals surface area contributed by atoms with E-state index in [0.29, 0.717) is 48.5 Å². The Labute approximate surface area is 162 Å². The van der Waals surface area contributed by atoms with Gasteiger partial charge in [0, 0.05) is 10.0 Å². The van der Waals surface area contributed by atoms with E-state index in [-0.39, 0.29) is 5.91 Å². The lowest BCUT2D eigenvalue weighted by molar-refractivity contribution is 0.102. The third kappa shape index (κ3) is 4.88. The molecule has 0 saturated heterocycles. The Hall–Kier alpha value is -2.28. The van der Waals surface area contributed by atoms with Crippen LogP contribution in [-0.4, -0.2) is 30.7 Å². The number of aryl methyl sites for hydroxylation is 1. The van der Waals surface area contributed by atoms with Gasteiger partial charge in [-0.3, -0.25) is 4.79 Å². The van der Waals surface area contributed by atoms with Crippen molar-refractivity contribution < 1.29 is 19.0 Å². The summed E-state index contributed by atoms with van der Waals surface area (Å²) in [5.41, 5.74) is 1.20. The molecule has 6 nitrogen and oxygen atoms in total. The number of ether oxygens (including phenoxy) is 3. The fourth-order valence-electron chi connectivity index (χ4n) is 2.32. The van der Waals surface area contributed by atoms with Crippen LogP contribution >= 0.6 is 15.9 Å². The van der Waals surface area contributed by atoms with Gasteiger partial charge in [-0.1, -0.05) is 0 Å². The lowest BCUT2D eigenvalue weighted by Crippen LogP contribution is -2.14. The van der Waals surface area contributed by atoms with Crippen molar-refractivity contribution in [2.24, 2.45) is 0 Å². The molecule has 0 bridgehead atoms. The Balaban J connectivity index is 2.36. The van der Waals surface area contributed by atoms with E-state index in [2.05, 4.69) is 26.2 Å². The van der Waals surface area contributed by atoms with Crippen molar-refractivity contribution in [2.45, 2.75) is 27.7 Å². The second kappa shape index (κ2) is 9.43. The van der Waals surface area contributed by atoms with Gasteiger partial charge >= 0.3 is 0 Å². The molecule has 0 fully saturated rings. The molecule has 26 heavy (non-hydrogen) atoms. The highest BCUT2D eigenvalue weighted by Gasteiger charge is 2.18. The van der Waals surface area contributed by atoms with Crippen molar-refractivity contribution in [3.63, 3.8) is 0 Å². The largest absolute Gasteiger partial charge is 0.490 e. The Morgan fingerprint density at radius 2 is 1.62 bits per heavy atom. The van der Waals surface area contributed by atoms with E-state index < -0.39 is 0 Å². The van der Waals surface area contributed by atoms with Crippen LogP contribution in [0.2, 0.25) is 0 Å². The highest BCUT2D eigenvalue weighted by molar-refractivity contribution is 9.10. The number of carbonyl (C=O) groups excluding carboxylic acids is 1. The quantitative estimate of drug-likeness (QED) is 0.672. The molecule has 1 N–H and O–H groups in total. The van der Waals surface area contributed by atoms with E-state index in [4.69, 9.17) is 14.2 Å². The summed E-state index contributed by atoms with van der Waals surface area (Å²) in [5.74, 6) is 1.63. The van der Waals surface area contributed by atoms with Crippen molar-refractivity contribution in [2.75, 3.05) is 25.1 Å². The molecule has 0 aliphatic carbocycles. The minimum atomic E-state index is -0.302. The van der Waals surface area contributed by atoms with Crippen LogP contribution in [0.25, 0.3) is 0 Å². The lowest BCUT2D eigenvalue weighted by atomic mass is 10.1. The van der Waals surface area contributed by atoms with Crippen molar-refractivity contribution >= 4 is 27.7 Å². The Bertz CT molecular complexity index is 753. The SMILES string of the molecule is CCOc1cc(C(=O)Nc2ccc(Br)c(C)n2)cc(OCC)c1OCC. The predicted molar refractivity (Wildman–Crippen MR) is 105 cm³/mol. The first-order valence-corrected chi connectivity index (χ1v) is 9.30. The number of rotatable bonds is 8. The standard InChI is InChI=1S/C19H23BrN2O4/c1-5-24-15-10-13(11-16(25-6-2)18(15)26-7-3)19(23)22-17-9-8-14(20)12(4)21-17/h8-11H,5-7H2,1-4H3,(H,21,22,23). The first-order chi connectivity index (χ1) is 12.5. The maximum atomic E-state index is 12.7. The minimum absolute atomic E-state index is 0.302. The average Bonchev–Trinajstić information content (AvgIpc) is 2.61. The number of carbonyl (C=O) groups is 1. The van der Waals surface area contributed by atoms with Crippen LogP contribution in [0.5, 0.6) is 17.2 Å². The zero-order valence-corrected chi connectivity index (χ0v) is 17.0. The van der Waals surface area contributed by atoms with E-state index >= 15 is 0 Å². The summed E-state index contributed by atoms with van der Waals surface area (Å²) in [7, 11) is 0. The minimum Gasteiger partial charge on any atom is -0.490 e. The number of nitrogens with zero attached hydrogens (tertiary/aromatic N) is 1. The molecule has 1 amide bonds. The van der Waals surface area contributed by atoms with Gasteiger partial charge in [0.1, 0.15) is 5.82 Å². The number of aromatic nitrogens is 1. The monoisotopic (exact) mass is 422 g/mol. The third-order valence-electron chi connectivity index (χ3n) is 3.43. The van der Waals surface area contributed by atoms with Crippen LogP contribution in [0.1, 0.15) is 36.8 Å². The molecular weight excluding hydrogens is 400 g/mol. The summed E-state index contributed by atoms with van der Waals surface area (Å²) in [5, 5.41) is 2.79. The summed E-state index contributed by atoms with van der Waals surface area (Å²) in [4.78, 5) is 17.0. The van der Waals surface area contributed by atoms with E-state index in [1.807, 2.05) is 33.8 Å². The van der Waals surface area contributed by atoms with Crippen molar-refractivity contribution in [3.05, 3.63) is 40.0 Å². The summed E-state index contributed by atoms with van der Waals surface area (Å²) < 4.78 is 17.8. The normalized spacial score (nSPS) is 10.3. The van der Waals surface area contributed by atoms with E-state index in [9.17, 15) is 4.79 Å². The highest BCUT2D eigenvalue weighted by atomic mass is 79.9. The van der Waals surface area contributed by atoms with Crippen LogP contribution in [0.15, 0.2) is 28.7 Å². The number of pyridine rings is 1. The van der Waals surface area contributed by atoms with E-state index in [1.165, 1.54) is 0 Å². The van der Waals surface area contributed by atoms with Crippen LogP contribution < -0.4 is 19.5 Å². The molecule has 2 aromatic rings. The maximum Gasteiger partial charge on any atom is 0.257 e. The smallest absolute Gasteiger partial charge is 0.257 e. The molecule has 140 valence electrons. The van der Waals surface area contributed by atoms with Crippen molar-refractivity contribution in [3.8, 4) is 17.2 Å². The second-order valence-electron chi connectivity index (χ2n) is 5.32. The van der Waals surface area contributed by atoms with E-state index in [0.717, 1.165) is 10.2 Å². The molecule has 1 heterocycles. The molecule has 0 aliphatic heterocycles. The topological polar surface area (TPSA) is 69.7 Å². The van der Waals surface area contributed by atoms with Gasteiger partial charge in [-0.2, -0.15) is 0 Å². The number of nitrogens with one attached hydrogen (secondary N) is 1. The molecular formula is C19H23BrN2O4. The van der Waals surface area contributed by atoms with Gasteiger partial charge in [0.15, 0.2) is 11.5 Å². The van der Waals surface area contributed by atoms with Crippen molar-refractivity contribution in [1.82, 2.24) is 4.98 Å². The van der Waals surface area contributed by atoms with Gasteiger partial charge in [-0.15, -0.1) is 0 Å². The number of hydrogen-bond donors (Lipinski definition) is 1. The van der Waals surface area contributed by atoms with Crippen molar-refractivity contribution in [1.29, 1.82) is 0 Å². The Kier molecular flexibility index (Phi) is 7.26. The molecule has 1 aromatic carbocycles. The first kappa shape index (κ1) is 20.0. The van der Waals surface area contributed by atoms with Gasteiger partial charge in [-0.25, -0.2) is 4.98 Å². The van der Waals surface area contributed by atoms with Crippen LogP contribution in [-0.2, 0) is 0 Å². The first-order valence-electron chi connectivity index (χ1n) is 8.51. The number of anilines is 1. The average molecular weight is 423 g/mol. The molecule has 1 aromatic heterocycles. The lowest BCUT2D eigenvalue weighted by Gasteiger charge is -2.17. The van der Waals surface area contributed by atoms with Gasteiger partial charge in [0.2, 0.25) is 5.75 Å². The molecule has 0 unspecified atom stereocenters. The highest BCUT2D eigenvalue weighted by Crippen LogP contribution is 2.39. The van der Waals surface area contributed by atoms with Crippen LogP contribution in [0.4, 0.5) is 5.82 Å². The van der Waals surface area contributed by atoms with Crippen LogP contribution in [0, 0.1) is 6.92 Å². The van der Waals surface area contributed by atoms with Gasteiger partial charge in [0.25, 0.3) is 5.91 Å². The zero-order valence-electron chi connectivity index (χ0n) is 15.4. The fraction of sp³-hybridized carbons (Fsp3) is 0.368. The molecule has 0 saturated carbocycles. The molecule has 0 atom stereocenters. The predicted octanol–water partition coefficient (Wildman–Crippen LogP) is 4.60. The summed E-state index contributed by atoms with van der Waals surface area (Å²) in [6, 6.07) is 6.87. The van der Waals surface area contributed by atoms with Gasteiger partial charge in [-0.05, 0) is 67.9 Å². The summed E-state index contributed by atoms with van der Waals surface area (Å²) in [6.07, 6.45) is 0. The fourth-order valence-corrected chi connectivity index (χ4v) is 2.54. The summed E-state index contributed by atoms with van der Waals surface area (Å²) in [6.45, 7) is 8.85. The Morgan fingerprint density at radius 3 is 2.12 bits per heavy atom. The maximum absolute atomic E-state index is 12.7. The number of halogens is 1. The van der Waals surface area contributed by atoms with E-state index in [1.54, 1.807) is 18.2 Å². The number of benzene rings is 1. The second-order valence-corrected chi connectivity index (χ2v) is 6.17. The summed E-state index contributed by atoms with van der Waals surface area (Å²) >= 11 is 3.39. The molecule has 0 radical (unpaired) electrons. The number of amides is 1. The number of hydrogen-bond acceptors (Lipinski definition) is 5. The van der Waals surface area contributed by atoms with Gasteiger partial charge < -0.3 is 19.5 Å². The molecule has 0 aliphatic rings. The van der Waals surface area contributed by atoms with Crippen LogP contribution in [0.3, 0.4) is 0 Å².